The van der Waals surface area contributed by atoms with E-state index >= 15 is 0 Å². The molecular weight excluding hydrogens is 401 g/mol. The maximum Gasteiger partial charge on any atom is 0.416 e. The molecular formula is C22H18ClF3N2O. The molecule has 2 aromatic carbocycles. The molecule has 3 nitrogen and oxygen atoms in total. The zero-order chi connectivity index (χ0) is 20.6. The Hall–Kier alpha value is -2.60. The molecule has 4 rings (SSSR count). The first-order valence-corrected chi connectivity index (χ1v) is 9.78. The average molecular weight is 419 g/mol. The fourth-order valence-electron chi connectivity index (χ4n) is 3.80. The Kier molecular flexibility index (Phi) is 5.21. The van der Waals surface area contributed by atoms with E-state index in [-0.39, 0.29) is 10.7 Å². The van der Waals surface area contributed by atoms with Gasteiger partial charge < -0.3 is 5.32 Å². The van der Waals surface area contributed by atoms with Gasteiger partial charge >= 0.3 is 6.18 Å². The van der Waals surface area contributed by atoms with Gasteiger partial charge in [0, 0.05) is 17.0 Å². The quantitative estimate of drug-likeness (QED) is 0.507. The minimum Gasteiger partial charge on any atom is -0.321 e. The van der Waals surface area contributed by atoms with Gasteiger partial charge in [0.15, 0.2) is 0 Å². The third kappa shape index (κ3) is 4.08. The van der Waals surface area contributed by atoms with Crippen molar-refractivity contribution in [3.8, 4) is 0 Å². The van der Waals surface area contributed by atoms with E-state index in [4.69, 9.17) is 16.6 Å². The van der Waals surface area contributed by atoms with Crippen LogP contribution in [0.15, 0.2) is 48.5 Å². The summed E-state index contributed by atoms with van der Waals surface area (Å²) in [6, 6.07) is 11.9. The number of halogens is 4. The lowest BCUT2D eigenvalue weighted by Gasteiger charge is -2.15. The first-order valence-electron chi connectivity index (χ1n) is 9.41. The van der Waals surface area contributed by atoms with Gasteiger partial charge in [-0.2, -0.15) is 13.2 Å². The van der Waals surface area contributed by atoms with Crippen molar-refractivity contribution < 1.29 is 18.0 Å². The van der Waals surface area contributed by atoms with Crippen molar-refractivity contribution in [3.63, 3.8) is 0 Å². The Morgan fingerprint density at radius 2 is 1.79 bits per heavy atom. The number of nitrogens with zero attached hydrogens (tertiary/aromatic N) is 1. The molecule has 0 aliphatic heterocycles. The predicted octanol–water partition coefficient (Wildman–Crippen LogP) is 6.82. The molecule has 0 bridgehead atoms. The standard InChI is InChI=1S/C22H18ClF3N2O/c23-17-10-9-14(22(24,25)26)11-20(17)28-21(29)16-12-19(13-5-1-2-6-13)27-18-8-4-3-7-15(16)18/h3-4,7-13H,1-2,5-6H2,(H,28,29). The molecule has 1 saturated carbocycles. The Balaban J connectivity index is 1.74. The lowest BCUT2D eigenvalue weighted by molar-refractivity contribution is -0.137. The molecule has 1 amide bonds. The van der Waals surface area contributed by atoms with Gasteiger partial charge in [-0.05, 0) is 43.2 Å². The first kappa shape index (κ1) is 19.7. The number of alkyl halides is 3. The van der Waals surface area contributed by atoms with Gasteiger partial charge in [0.2, 0.25) is 0 Å². The van der Waals surface area contributed by atoms with Crippen LogP contribution in [0.1, 0.15) is 53.2 Å². The number of carbonyl (C=O) groups excluding carboxylic acids is 1. The summed E-state index contributed by atoms with van der Waals surface area (Å²) in [5, 5.41) is 3.24. The number of para-hydroxylation sites is 1. The van der Waals surface area contributed by atoms with E-state index in [2.05, 4.69) is 5.32 Å². The minimum absolute atomic E-state index is 0.0423. The SMILES string of the molecule is O=C(Nc1cc(C(F)(F)F)ccc1Cl)c1cc(C2CCCC2)nc2ccccc12. The third-order valence-corrected chi connectivity index (χ3v) is 5.63. The summed E-state index contributed by atoms with van der Waals surface area (Å²) in [5.74, 6) is -0.215. The molecule has 1 N–H and O–H groups in total. The Morgan fingerprint density at radius 3 is 2.52 bits per heavy atom. The van der Waals surface area contributed by atoms with Crippen LogP contribution >= 0.6 is 11.6 Å². The van der Waals surface area contributed by atoms with Crippen LogP contribution in [0.2, 0.25) is 5.02 Å². The van der Waals surface area contributed by atoms with Crippen molar-refractivity contribution >= 4 is 34.1 Å². The molecule has 0 unspecified atom stereocenters. The molecule has 0 saturated heterocycles. The molecule has 29 heavy (non-hydrogen) atoms. The summed E-state index contributed by atoms with van der Waals surface area (Å²) in [6.45, 7) is 0. The molecule has 1 aliphatic carbocycles. The van der Waals surface area contributed by atoms with E-state index in [1.807, 2.05) is 12.1 Å². The number of nitrogens with one attached hydrogen (secondary N) is 1. The minimum atomic E-state index is -4.52. The highest BCUT2D eigenvalue weighted by atomic mass is 35.5. The lowest BCUT2D eigenvalue weighted by Crippen LogP contribution is -2.15. The highest BCUT2D eigenvalue weighted by Gasteiger charge is 2.31. The van der Waals surface area contributed by atoms with Gasteiger partial charge in [-0.1, -0.05) is 42.6 Å². The predicted molar refractivity (Wildman–Crippen MR) is 107 cm³/mol. The van der Waals surface area contributed by atoms with Crippen LogP contribution in [0.25, 0.3) is 10.9 Å². The van der Waals surface area contributed by atoms with E-state index in [1.54, 1.807) is 18.2 Å². The zero-order valence-corrected chi connectivity index (χ0v) is 16.1. The number of anilines is 1. The number of hydrogen-bond acceptors (Lipinski definition) is 2. The van der Waals surface area contributed by atoms with Gasteiger partial charge in [-0.3, -0.25) is 9.78 Å². The van der Waals surface area contributed by atoms with E-state index < -0.39 is 17.6 Å². The fraction of sp³-hybridized carbons (Fsp3) is 0.273. The lowest BCUT2D eigenvalue weighted by atomic mass is 9.98. The highest BCUT2D eigenvalue weighted by Crippen LogP contribution is 2.36. The maximum atomic E-state index is 13.0. The molecule has 150 valence electrons. The summed E-state index contributed by atoms with van der Waals surface area (Å²) >= 11 is 6.04. The van der Waals surface area contributed by atoms with Crippen molar-refractivity contribution in [3.05, 3.63) is 70.4 Å². The van der Waals surface area contributed by atoms with E-state index in [1.165, 1.54) is 0 Å². The van der Waals surface area contributed by atoms with Crippen LogP contribution in [-0.2, 0) is 6.18 Å². The molecule has 1 heterocycles. The molecule has 0 radical (unpaired) electrons. The summed E-state index contributed by atoms with van der Waals surface area (Å²) in [6.07, 6.45) is -0.234. The van der Waals surface area contributed by atoms with Gasteiger partial charge in [0.05, 0.1) is 27.4 Å². The van der Waals surface area contributed by atoms with Crippen molar-refractivity contribution in [2.75, 3.05) is 5.32 Å². The largest absolute Gasteiger partial charge is 0.416 e. The number of aromatic nitrogens is 1. The van der Waals surface area contributed by atoms with E-state index in [0.717, 1.165) is 49.6 Å². The van der Waals surface area contributed by atoms with Gasteiger partial charge in [0.25, 0.3) is 5.91 Å². The molecule has 7 heteroatoms. The number of amides is 1. The monoisotopic (exact) mass is 418 g/mol. The molecule has 1 fully saturated rings. The highest BCUT2D eigenvalue weighted by molar-refractivity contribution is 6.34. The molecule has 1 aliphatic rings. The Morgan fingerprint density at radius 1 is 1.07 bits per heavy atom. The molecule has 1 aromatic heterocycles. The number of rotatable bonds is 3. The second kappa shape index (κ2) is 7.67. The zero-order valence-electron chi connectivity index (χ0n) is 15.4. The van der Waals surface area contributed by atoms with Crippen LogP contribution in [-0.4, -0.2) is 10.9 Å². The van der Waals surface area contributed by atoms with Gasteiger partial charge in [0.1, 0.15) is 0 Å². The van der Waals surface area contributed by atoms with Gasteiger partial charge in [-0.15, -0.1) is 0 Å². The fourth-order valence-corrected chi connectivity index (χ4v) is 3.97. The van der Waals surface area contributed by atoms with Crippen LogP contribution < -0.4 is 5.32 Å². The molecule has 0 spiro atoms. The smallest absolute Gasteiger partial charge is 0.321 e. The second-order valence-electron chi connectivity index (χ2n) is 7.24. The Labute approximate surface area is 170 Å². The third-order valence-electron chi connectivity index (χ3n) is 5.30. The second-order valence-corrected chi connectivity index (χ2v) is 7.65. The van der Waals surface area contributed by atoms with Crippen molar-refractivity contribution in [2.24, 2.45) is 0 Å². The first-order chi connectivity index (χ1) is 13.8. The summed E-state index contributed by atoms with van der Waals surface area (Å²) in [4.78, 5) is 17.7. The number of hydrogen-bond donors (Lipinski definition) is 1. The average Bonchev–Trinajstić information content (AvgIpc) is 3.22. The molecule has 0 atom stereocenters. The topological polar surface area (TPSA) is 42.0 Å². The normalized spacial score (nSPS) is 15.0. The van der Waals surface area contributed by atoms with Gasteiger partial charge in [-0.25, -0.2) is 0 Å². The number of benzene rings is 2. The number of pyridine rings is 1. The van der Waals surface area contributed by atoms with Crippen LogP contribution in [0.5, 0.6) is 0 Å². The summed E-state index contributed by atoms with van der Waals surface area (Å²) in [5.41, 5.74) is 0.975. The van der Waals surface area contributed by atoms with E-state index in [9.17, 15) is 18.0 Å². The summed E-state index contributed by atoms with van der Waals surface area (Å²) < 4.78 is 39.1. The van der Waals surface area contributed by atoms with E-state index in [0.29, 0.717) is 22.4 Å². The van der Waals surface area contributed by atoms with Crippen molar-refractivity contribution in [1.82, 2.24) is 4.98 Å². The number of fused-ring (bicyclic) bond motifs is 1. The molecule has 3 aromatic rings. The number of carbonyl (C=O) groups is 1. The van der Waals surface area contributed by atoms with Crippen molar-refractivity contribution in [2.45, 2.75) is 37.8 Å². The van der Waals surface area contributed by atoms with Crippen LogP contribution in [0.3, 0.4) is 0 Å². The van der Waals surface area contributed by atoms with Crippen LogP contribution in [0.4, 0.5) is 18.9 Å². The van der Waals surface area contributed by atoms with Crippen LogP contribution in [0, 0.1) is 0 Å². The Bertz CT molecular complexity index is 1080. The maximum absolute atomic E-state index is 13.0. The van der Waals surface area contributed by atoms with Crippen molar-refractivity contribution in [1.29, 1.82) is 0 Å². The summed E-state index contributed by atoms with van der Waals surface area (Å²) in [7, 11) is 0.